The summed E-state index contributed by atoms with van der Waals surface area (Å²) in [5, 5.41) is 2.63. The highest BCUT2D eigenvalue weighted by molar-refractivity contribution is 5.90. The van der Waals surface area contributed by atoms with Gasteiger partial charge in [-0.2, -0.15) is 4.39 Å². The number of amides is 1. The van der Waals surface area contributed by atoms with Crippen molar-refractivity contribution in [3.05, 3.63) is 63.6 Å². The summed E-state index contributed by atoms with van der Waals surface area (Å²) >= 11 is 0. The number of hydrogen-bond donors (Lipinski definition) is 2. The van der Waals surface area contributed by atoms with E-state index < -0.39 is 28.9 Å². The van der Waals surface area contributed by atoms with Crippen molar-refractivity contribution in [1.29, 1.82) is 0 Å². The van der Waals surface area contributed by atoms with Gasteiger partial charge in [0, 0.05) is 12.6 Å². The molecule has 1 aromatic heterocycles. The number of aromatic nitrogens is 2. The second-order valence-electron chi connectivity index (χ2n) is 6.16. The quantitative estimate of drug-likeness (QED) is 0.838. The lowest BCUT2D eigenvalue weighted by Crippen LogP contribution is -2.33. The van der Waals surface area contributed by atoms with Crippen LogP contribution >= 0.6 is 0 Å². The Balaban J connectivity index is 1.65. The maximum absolute atomic E-state index is 13.8. The third-order valence-electron chi connectivity index (χ3n) is 4.28. The molecular weight excluding hydrogens is 335 g/mol. The van der Waals surface area contributed by atoms with Crippen LogP contribution in [0.15, 0.2) is 29.2 Å². The van der Waals surface area contributed by atoms with Crippen LogP contribution in [0.4, 0.5) is 13.2 Å². The minimum absolute atomic E-state index is 0.0175. The molecule has 5 nitrogen and oxygen atoms in total. The number of halogens is 3. The Morgan fingerprint density at radius 2 is 2.04 bits per heavy atom. The van der Waals surface area contributed by atoms with Crippen molar-refractivity contribution < 1.29 is 18.0 Å². The SMILES string of the molecule is O=C(NC[C@H](Cc1ccc(F)cc1F)C1CC1)c1ncc(F)c(=O)[nH]1. The molecule has 0 unspecified atom stereocenters. The monoisotopic (exact) mass is 351 g/mol. The molecule has 0 aliphatic heterocycles. The summed E-state index contributed by atoms with van der Waals surface area (Å²) in [5.74, 6) is -2.90. The van der Waals surface area contributed by atoms with Gasteiger partial charge in [0.1, 0.15) is 11.6 Å². The van der Waals surface area contributed by atoms with E-state index in [1.54, 1.807) is 0 Å². The van der Waals surface area contributed by atoms with Crippen LogP contribution in [0.1, 0.15) is 29.0 Å². The molecule has 1 heterocycles. The minimum atomic E-state index is -1.07. The number of carbonyl (C=O) groups is 1. The number of carbonyl (C=O) groups excluding carboxylic acids is 1. The number of nitrogens with one attached hydrogen (secondary N) is 2. The normalized spacial score (nSPS) is 15.0. The van der Waals surface area contributed by atoms with Crippen molar-refractivity contribution in [2.45, 2.75) is 19.3 Å². The predicted octanol–water partition coefficient (Wildman–Crippen LogP) is 2.19. The summed E-state index contributed by atoms with van der Waals surface area (Å²) in [6.07, 6.45) is 3.01. The Hall–Kier alpha value is -2.64. The first-order valence-corrected chi connectivity index (χ1v) is 7.91. The van der Waals surface area contributed by atoms with Crippen LogP contribution in [0.25, 0.3) is 0 Å². The number of benzene rings is 1. The molecule has 1 aromatic carbocycles. The van der Waals surface area contributed by atoms with Crippen LogP contribution in [0.2, 0.25) is 0 Å². The second kappa shape index (κ2) is 7.08. The van der Waals surface area contributed by atoms with Crippen molar-refractivity contribution in [1.82, 2.24) is 15.3 Å². The van der Waals surface area contributed by atoms with E-state index in [1.165, 1.54) is 12.1 Å². The van der Waals surface area contributed by atoms with E-state index in [0.717, 1.165) is 18.9 Å². The average molecular weight is 351 g/mol. The van der Waals surface area contributed by atoms with Gasteiger partial charge in [0.2, 0.25) is 5.82 Å². The van der Waals surface area contributed by atoms with Crippen molar-refractivity contribution in [3.8, 4) is 0 Å². The van der Waals surface area contributed by atoms with Gasteiger partial charge in [-0.1, -0.05) is 6.07 Å². The molecule has 1 fully saturated rings. The van der Waals surface area contributed by atoms with E-state index in [9.17, 15) is 22.8 Å². The van der Waals surface area contributed by atoms with E-state index in [4.69, 9.17) is 0 Å². The summed E-state index contributed by atoms with van der Waals surface area (Å²) in [5.41, 5.74) is -0.631. The van der Waals surface area contributed by atoms with Gasteiger partial charge in [-0.15, -0.1) is 0 Å². The van der Waals surface area contributed by atoms with Gasteiger partial charge in [0.25, 0.3) is 11.5 Å². The lowest BCUT2D eigenvalue weighted by atomic mass is 9.94. The molecule has 0 radical (unpaired) electrons. The molecule has 1 atom stereocenters. The first-order valence-electron chi connectivity index (χ1n) is 7.91. The van der Waals surface area contributed by atoms with E-state index in [2.05, 4.69) is 15.3 Å². The van der Waals surface area contributed by atoms with Gasteiger partial charge in [0.05, 0.1) is 6.20 Å². The van der Waals surface area contributed by atoms with Gasteiger partial charge in [-0.25, -0.2) is 13.8 Å². The lowest BCUT2D eigenvalue weighted by molar-refractivity contribution is 0.0934. The van der Waals surface area contributed by atoms with Crippen molar-refractivity contribution in [2.24, 2.45) is 11.8 Å². The van der Waals surface area contributed by atoms with Crippen LogP contribution < -0.4 is 10.9 Å². The molecule has 1 saturated carbocycles. The van der Waals surface area contributed by atoms with E-state index >= 15 is 0 Å². The Kier molecular flexibility index (Phi) is 4.87. The molecule has 0 bridgehead atoms. The van der Waals surface area contributed by atoms with Crippen LogP contribution in [-0.4, -0.2) is 22.4 Å². The van der Waals surface area contributed by atoms with Crippen molar-refractivity contribution in [3.63, 3.8) is 0 Å². The maximum atomic E-state index is 13.8. The van der Waals surface area contributed by atoms with E-state index in [0.29, 0.717) is 24.1 Å². The molecule has 25 heavy (non-hydrogen) atoms. The standard InChI is InChI=1S/C17H16F3N3O2/c18-12-4-3-10(13(19)6-12)5-11(9-1-2-9)7-22-17(25)15-21-8-14(20)16(24)23-15/h3-4,6,8-9,11H,1-2,5,7H2,(H,22,25)(H,21,23,24)/t11-/m0/s1. The highest BCUT2D eigenvalue weighted by atomic mass is 19.1. The summed E-state index contributed by atoms with van der Waals surface area (Å²) in [7, 11) is 0. The summed E-state index contributed by atoms with van der Waals surface area (Å²) in [4.78, 5) is 28.8. The first-order chi connectivity index (χ1) is 11.9. The fourth-order valence-electron chi connectivity index (χ4n) is 2.75. The van der Waals surface area contributed by atoms with E-state index in [-0.39, 0.29) is 18.3 Å². The number of nitrogens with zero attached hydrogens (tertiary/aromatic N) is 1. The van der Waals surface area contributed by atoms with Crippen LogP contribution in [0, 0.1) is 29.3 Å². The molecule has 1 amide bonds. The van der Waals surface area contributed by atoms with Gasteiger partial charge in [-0.3, -0.25) is 14.6 Å². The average Bonchev–Trinajstić information content (AvgIpc) is 3.40. The molecule has 2 N–H and O–H groups in total. The second-order valence-corrected chi connectivity index (χ2v) is 6.16. The number of H-pyrrole nitrogens is 1. The molecule has 132 valence electrons. The third kappa shape index (κ3) is 4.26. The van der Waals surface area contributed by atoms with Gasteiger partial charge >= 0.3 is 0 Å². The van der Waals surface area contributed by atoms with Crippen molar-refractivity contribution in [2.75, 3.05) is 6.54 Å². The molecule has 2 aromatic rings. The fraction of sp³-hybridized carbons (Fsp3) is 0.353. The number of rotatable bonds is 6. The first kappa shape index (κ1) is 17.2. The Morgan fingerprint density at radius 3 is 2.68 bits per heavy atom. The highest BCUT2D eigenvalue weighted by Gasteiger charge is 2.32. The van der Waals surface area contributed by atoms with Crippen LogP contribution in [0.5, 0.6) is 0 Å². The zero-order chi connectivity index (χ0) is 18.0. The number of hydrogen-bond acceptors (Lipinski definition) is 3. The summed E-state index contributed by atoms with van der Waals surface area (Å²) in [6, 6.07) is 3.44. The maximum Gasteiger partial charge on any atom is 0.287 e. The summed E-state index contributed by atoms with van der Waals surface area (Å²) in [6.45, 7) is 0.251. The van der Waals surface area contributed by atoms with Gasteiger partial charge in [0.15, 0.2) is 5.82 Å². The minimum Gasteiger partial charge on any atom is -0.349 e. The topological polar surface area (TPSA) is 74.8 Å². The van der Waals surface area contributed by atoms with Crippen LogP contribution in [0.3, 0.4) is 0 Å². The zero-order valence-corrected chi connectivity index (χ0v) is 13.2. The van der Waals surface area contributed by atoms with Gasteiger partial charge < -0.3 is 5.32 Å². The largest absolute Gasteiger partial charge is 0.349 e. The molecule has 8 heteroatoms. The Labute approximate surface area is 141 Å². The number of aromatic amines is 1. The van der Waals surface area contributed by atoms with Crippen molar-refractivity contribution >= 4 is 5.91 Å². The fourth-order valence-corrected chi connectivity index (χ4v) is 2.75. The molecule has 0 saturated heterocycles. The lowest BCUT2D eigenvalue weighted by Gasteiger charge is -2.17. The Morgan fingerprint density at radius 1 is 1.28 bits per heavy atom. The molecule has 1 aliphatic carbocycles. The van der Waals surface area contributed by atoms with Gasteiger partial charge in [-0.05, 0) is 42.7 Å². The summed E-state index contributed by atoms with van der Waals surface area (Å²) < 4.78 is 39.7. The zero-order valence-electron chi connectivity index (χ0n) is 13.2. The molecular formula is C17H16F3N3O2. The predicted molar refractivity (Wildman–Crippen MR) is 83.4 cm³/mol. The third-order valence-corrected chi connectivity index (χ3v) is 4.28. The smallest absolute Gasteiger partial charge is 0.287 e. The van der Waals surface area contributed by atoms with Crippen LogP contribution in [-0.2, 0) is 6.42 Å². The molecule has 3 rings (SSSR count). The molecule has 0 spiro atoms. The van der Waals surface area contributed by atoms with E-state index in [1.807, 2.05) is 0 Å². The Bertz CT molecular complexity index is 849. The highest BCUT2D eigenvalue weighted by Crippen LogP contribution is 2.38. The molecule has 1 aliphatic rings.